The zero-order chi connectivity index (χ0) is 14.5. The van der Waals surface area contributed by atoms with Crippen molar-refractivity contribution in [1.82, 2.24) is 10.6 Å². The second-order valence-corrected chi connectivity index (χ2v) is 5.05. The highest BCUT2D eigenvalue weighted by Crippen LogP contribution is 2.20. The van der Waals surface area contributed by atoms with Crippen LogP contribution in [0, 0.1) is 5.92 Å². The number of carbonyl (C=O) groups excluding carboxylic acids is 1. The first kappa shape index (κ1) is 14.8. The van der Waals surface area contributed by atoms with E-state index in [9.17, 15) is 4.79 Å². The van der Waals surface area contributed by atoms with Gasteiger partial charge in [0.15, 0.2) is 0 Å². The minimum atomic E-state index is -0.131. The Bertz CT molecular complexity index is 464. The molecular formula is C15H22N2O3. The SMILES string of the molecule is CNC1COCC1C(=O)NC(C)c1cccc(OC)c1. The lowest BCUT2D eigenvalue weighted by Crippen LogP contribution is -2.43. The Labute approximate surface area is 119 Å². The van der Waals surface area contributed by atoms with Crippen LogP contribution in [0.4, 0.5) is 0 Å². The van der Waals surface area contributed by atoms with E-state index in [1.807, 2.05) is 38.2 Å². The zero-order valence-corrected chi connectivity index (χ0v) is 12.2. The minimum Gasteiger partial charge on any atom is -0.497 e. The standard InChI is InChI=1S/C15H22N2O3/c1-10(11-5-4-6-12(7-11)19-3)17-15(18)13-8-20-9-14(13)16-2/h4-7,10,13-14,16H,8-9H2,1-3H3,(H,17,18). The summed E-state index contributed by atoms with van der Waals surface area (Å²) >= 11 is 0. The van der Waals surface area contributed by atoms with Crippen molar-refractivity contribution in [1.29, 1.82) is 0 Å². The van der Waals surface area contributed by atoms with Gasteiger partial charge in [-0.25, -0.2) is 0 Å². The highest BCUT2D eigenvalue weighted by atomic mass is 16.5. The van der Waals surface area contributed by atoms with Crippen molar-refractivity contribution in [3.63, 3.8) is 0 Å². The van der Waals surface area contributed by atoms with Crippen LogP contribution in [0.1, 0.15) is 18.5 Å². The molecule has 0 aromatic heterocycles. The number of likely N-dealkylation sites (N-methyl/N-ethyl adjacent to an activating group) is 1. The molecule has 1 amide bonds. The lowest BCUT2D eigenvalue weighted by Gasteiger charge is -2.20. The summed E-state index contributed by atoms with van der Waals surface area (Å²) in [5, 5.41) is 6.16. The average molecular weight is 278 g/mol. The predicted molar refractivity (Wildman–Crippen MR) is 76.7 cm³/mol. The number of methoxy groups -OCH3 is 1. The van der Waals surface area contributed by atoms with E-state index in [0.717, 1.165) is 11.3 Å². The Hall–Kier alpha value is -1.59. The second kappa shape index (κ2) is 6.72. The number of benzene rings is 1. The lowest BCUT2D eigenvalue weighted by atomic mass is 10.0. The maximum atomic E-state index is 12.3. The third kappa shape index (κ3) is 3.29. The van der Waals surface area contributed by atoms with Crippen LogP contribution in [-0.2, 0) is 9.53 Å². The molecule has 110 valence electrons. The molecule has 0 saturated carbocycles. The molecule has 3 atom stereocenters. The van der Waals surface area contributed by atoms with E-state index < -0.39 is 0 Å². The van der Waals surface area contributed by atoms with Gasteiger partial charge in [0.1, 0.15) is 5.75 Å². The fourth-order valence-corrected chi connectivity index (χ4v) is 2.41. The van der Waals surface area contributed by atoms with Crippen LogP contribution >= 0.6 is 0 Å². The number of nitrogens with one attached hydrogen (secondary N) is 2. The van der Waals surface area contributed by atoms with Gasteiger partial charge in [0, 0.05) is 6.04 Å². The van der Waals surface area contributed by atoms with Gasteiger partial charge in [-0.05, 0) is 31.7 Å². The van der Waals surface area contributed by atoms with Crippen molar-refractivity contribution in [2.24, 2.45) is 5.92 Å². The Morgan fingerprint density at radius 3 is 2.95 bits per heavy atom. The molecule has 3 unspecified atom stereocenters. The monoisotopic (exact) mass is 278 g/mol. The summed E-state index contributed by atoms with van der Waals surface area (Å²) in [4.78, 5) is 12.3. The maximum absolute atomic E-state index is 12.3. The largest absolute Gasteiger partial charge is 0.497 e. The van der Waals surface area contributed by atoms with E-state index in [0.29, 0.717) is 13.2 Å². The molecule has 1 aromatic rings. The molecule has 1 saturated heterocycles. The summed E-state index contributed by atoms with van der Waals surface area (Å²) in [6, 6.07) is 7.76. The molecule has 1 aromatic carbocycles. The first-order chi connectivity index (χ1) is 9.65. The van der Waals surface area contributed by atoms with Crippen LogP contribution in [0.3, 0.4) is 0 Å². The van der Waals surface area contributed by atoms with Crippen LogP contribution in [0.5, 0.6) is 5.75 Å². The number of hydrogen-bond acceptors (Lipinski definition) is 4. The number of hydrogen-bond donors (Lipinski definition) is 2. The molecule has 0 aliphatic carbocycles. The molecule has 1 aliphatic heterocycles. The molecule has 0 radical (unpaired) electrons. The lowest BCUT2D eigenvalue weighted by molar-refractivity contribution is -0.126. The van der Waals surface area contributed by atoms with E-state index >= 15 is 0 Å². The van der Waals surface area contributed by atoms with Crippen LogP contribution < -0.4 is 15.4 Å². The highest BCUT2D eigenvalue weighted by molar-refractivity contribution is 5.80. The van der Waals surface area contributed by atoms with Crippen molar-refractivity contribution in [2.75, 3.05) is 27.4 Å². The van der Waals surface area contributed by atoms with Crippen LogP contribution in [0.2, 0.25) is 0 Å². The predicted octanol–water partition coefficient (Wildman–Crippen LogP) is 1.11. The molecule has 0 spiro atoms. The van der Waals surface area contributed by atoms with E-state index in [-0.39, 0.29) is 23.9 Å². The van der Waals surface area contributed by atoms with E-state index in [1.54, 1.807) is 7.11 Å². The second-order valence-electron chi connectivity index (χ2n) is 5.05. The highest BCUT2D eigenvalue weighted by Gasteiger charge is 2.33. The van der Waals surface area contributed by atoms with Gasteiger partial charge in [0.05, 0.1) is 32.3 Å². The van der Waals surface area contributed by atoms with Crippen LogP contribution in [0.15, 0.2) is 24.3 Å². The van der Waals surface area contributed by atoms with Crippen molar-refractivity contribution in [3.05, 3.63) is 29.8 Å². The third-order valence-corrected chi connectivity index (χ3v) is 3.74. The van der Waals surface area contributed by atoms with E-state index in [2.05, 4.69) is 10.6 Å². The van der Waals surface area contributed by atoms with Crippen molar-refractivity contribution >= 4 is 5.91 Å². The quantitative estimate of drug-likeness (QED) is 0.847. The van der Waals surface area contributed by atoms with Crippen molar-refractivity contribution in [3.8, 4) is 5.75 Å². The summed E-state index contributed by atoms with van der Waals surface area (Å²) in [6.07, 6.45) is 0. The topological polar surface area (TPSA) is 59.6 Å². The van der Waals surface area contributed by atoms with Gasteiger partial charge in [0.2, 0.25) is 5.91 Å². The molecule has 5 nitrogen and oxygen atoms in total. The van der Waals surface area contributed by atoms with Crippen LogP contribution in [-0.4, -0.2) is 39.3 Å². The normalized spacial score (nSPS) is 23.4. The summed E-state index contributed by atoms with van der Waals surface area (Å²) < 4.78 is 10.6. The number of rotatable bonds is 5. The number of amides is 1. The Morgan fingerprint density at radius 1 is 1.45 bits per heavy atom. The molecule has 2 rings (SSSR count). The van der Waals surface area contributed by atoms with Crippen molar-refractivity contribution in [2.45, 2.75) is 19.0 Å². The third-order valence-electron chi connectivity index (χ3n) is 3.74. The Kier molecular flexibility index (Phi) is 4.98. The average Bonchev–Trinajstić information content (AvgIpc) is 2.95. The summed E-state index contributed by atoms with van der Waals surface area (Å²) in [5.41, 5.74) is 1.03. The van der Waals surface area contributed by atoms with E-state index in [1.165, 1.54) is 0 Å². The number of carbonyl (C=O) groups is 1. The molecule has 0 bridgehead atoms. The van der Waals surface area contributed by atoms with Gasteiger partial charge < -0.3 is 20.1 Å². The van der Waals surface area contributed by atoms with Gasteiger partial charge >= 0.3 is 0 Å². The fraction of sp³-hybridized carbons (Fsp3) is 0.533. The maximum Gasteiger partial charge on any atom is 0.227 e. The molecular weight excluding hydrogens is 256 g/mol. The Morgan fingerprint density at radius 2 is 2.25 bits per heavy atom. The number of ether oxygens (including phenoxy) is 2. The summed E-state index contributed by atoms with van der Waals surface area (Å²) in [7, 11) is 3.49. The first-order valence-corrected chi connectivity index (χ1v) is 6.85. The first-order valence-electron chi connectivity index (χ1n) is 6.85. The smallest absolute Gasteiger partial charge is 0.227 e. The van der Waals surface area contributed by atoms with Gasteiger partial charge in [-0.2, -0.15) is 0 Å². The molecule has 1 heterocycles. The molecule has 2 N–H and O–H groups in total. The summed E-state index contributed by atoms with van der Waals surface area (Å²) in [5.74, 6) is 0.686. The molecule has 1 aliphatic rings. The van der Waals surface area contributed by atoms with Crippen molar-refractivity contribution < 1.29 is 14.3 Å². The van der Waals surface area contributed by atoms with Crippen LogP contribution in [0.25, 0.3) is 0 Å². The zero-order valence-electron chi connectivity index (χ0n) is 12.2. The summed E-state index contributed by atoms with van der Waals surface area (Å²) in [6.45, 7) is 3.03. The van der Waals surface area contributed by atoms with Gasteiger partial charge in [0.25, 0.3) is 0 Å². The van der Waals surface area contributed by atoms with Gasteiger partial charge in [-0.1, -0.05) is 12.1 Å². The minimum absolute atomic E-state index is 0.0252. The molecule has 1 fully saturated rings. The molecule has 5 heteroatoms. The van der Waals surface area contributed by atoms with Gasteiger partial charge in [-0.15, -0.1) is 0 Å². The molecule has 20 heavy (non-hydrogen) atoms. The Balaban J connectivity index is 1.99. The fourth-order valence-electron chi connectivity index (χ4n) is 2.41. The van der Waals surface area contributed by atoms with E-state index in [4.69, 9.17) is 9.47 Å². The van der Waals surface area contributed by atoms with Gasteiger partial charge in [-0.3, -0.25) is 4.79 Å².